The highest BCUT2D eigenvalue weighted by molar-refractivity contribution is 6.04. The number of alkyl halides is 2. The second-order valence-corrected chi connectivity index (χ2v) is 25.3. The van der Waals surface area contributed by atoms with E-state index in [1.54, 1.807) is 6.20 Å². The highest BCUT2D eigenvalue weighted by Gasteiger charge is 2.51. The summed E-state index contributed by atoms with van der Waals surface area (Å²) in [5.41, 5.74) is -0.804. The maximum Gasteiger partial charge on any atom is 0.319 e. The summed E-state index contributed by atoms with van der Waals surface area (Å²) >= 11 is 0. The summed E-state index contributed by atoms with van der Waals surface area (Å²) in [6.45, 7) is 3.68. The molecule has 4 bridgehead atoms. The molecule has 16 rings (SSSR count). The molecule has 11 heterocycles. The van der Waals surface area contributed by atoms with Gasteiger partial charge in [0.2, 0.25) is 0 Å². The molecule has 8 atom stereocenters. The average molecular weight is 1190 g/mol. The summed E-state index contributed by atoms with van der Waals surface area (Å²) < 4.78 is 104. The first kappa shape index (κ1) is 55.4. The van der Waals surface area contributed by atoms with Gasteiger partial charge in [-0.3, -0.25) is 19.8 Å². The number of nitrogens with zero attached hydrogens (tertiary/aromatic N) is 10. The van der Waals surface area contributed by atoms with Gasteiger partial charge in [0.25, 0.3) is 0 Å². The van der Waals surface area contributed by atoms with Crippen LogP contribution in [0.1, 0.15) is 101 Å². The lowest BCUT2D eigenvalue weighted by molar-refractivity contribution is 0.107. The molecule has 0 radical (unpaired) electrons. The van der Waals surface area contributed by atoms with Crippen LogP contribution in [0.5, 0.6) is 23.5 Å². The SMILES string of the molecule is C#Cc1c(F)ccc2cc(O)cc(-c3ncc4c(N5C6CCCC5CC6)nc(OCC56CCCN5CC(F)C6)nc4c3F)c12.C#Cc1c(F)ccc2cc(O)cc(-c3ncc4c(N5CC6CCC5C6)nc(OCC56CCCN5CC(F)C6)nc4c3F)c12. The molecule has 4 aromatic carbocycles. The Morgan fingerprint density at radius 2 is 1.08 bits per heavy atom. The molecule has 1 saturated carbocycles. The number of fused-ring (bicyclic) bond motifs is 10. The fourth-order valence-corrected chi connectivity index (χ4v) is 16.4. The van der Waals surface area contributed by atoms with Crippen molar-refractivity contribution in [2.45, 2.75) is 131 Å². The Balaban J connectivity index is 0.000000147. The number of rotatable bonds is 10. The number of hydrogen-bond acceptors (Lipinski definition) is 14. The Morgan fingerprint density at radius 1 is 0.586 bits per heavy atom. The van der Waals surface area contributed by atoms with Gasteiger partial charge >= 0.3 is 12.0 Å². The molecule has 0 amide bonds. The molecule has 1 aliphatic carbocycles. The number of benzene rings is 4. The van der Waals surface area contributed by atoms with Gasteiger partial charge in [0, 0.05) is 84.9 Å². The van der Waals surface area contributed by atoms with Crippen LogP contribution in [0.3, 0.4) is 0 Å². The fraction of sp³-hybridized carbons (Fsp3) is 0.433. The van der Waals surface area contributed by atoms with Crippen molar-refractivity contribution in [2.75, 3.05) is 55.7 Å². The van der Waals surface area contributed by atoms with Gasteiger partial charge in [-0.25, -0.2) is 26.3 Å². The molecule has 87 heavy (non-hydrogen) atoms. The third-order valence-corrected chi connectivity index (χ3v) is 20.3. The molecule has 2 N–H and O–H groups in total. The third kappa shape index (κ3) is 9.25. The topological polar surface area (TPSA) is 149 Å². The van der Waals surface area contributed by atoms with Gasteiger partial charge < -0.3 is 29.5 Å². The lowest BCUT2D eigenvalue weighted by Gasteiger charge is -2.36. The smallest absolute Gasteiger partial charge is 0.319 e. The fourth-order valence-electron chi connectivity index (χ4n) is 16.4. The highest BCUT2D eigenvalue weighted by atomic mass is 19.2. The van der Waals surface area contributed by atoms with E-state index in [2.05, 4.69) is 51.4 Å². The van der Waals surface area contributed by atoms with Crippen LogP contribution in [-0.4, -0.2) is 137 Å². The lowest BCUT2D eigenvalue weighted by atomic mass is 9.95. The molecule has 7 aliphatic heterocycles. The Morgan fingerprint density at radius 3 is 1.56 bits per heavy atom. The minimum absolute atomic E-state index is 0.0125. The summed E-state index contributed by atoms with van der Waals surface area (Å²) in [6, 6.07) is 11.9. The van der Waals surface area contributed by atoms with Gasteiger partial charge in [-0.2, -0.15) is 19.9 Å². The standard InChI is InChI=1S/C34H32F3N5O2.C33H30F3N5O2/c1-2-24-27(36)10-7-19-13-23(43)14-25(28(19)24)30-29(37)31-26(16-38-30)32(42-21-5-3-6-22(42)9-8-21)40-33(39-31)44-18-34-11-4-12-41(34)17-20(35)15-34;1-2-23-26(35)7-5-19-11-22(42)12-24(27(19)23)29-28(36)30-25(14-37-29)31(41-15-18-4-6-21(41)10-18)39-32(38-30)43-17-33-8-3-9-40(33)16-20(34)13-33/h1,7,10,13-14,16,20-22,43H,3-6,8-9,11-12,15,17-18H2;1,5,7,11-12,14,18,20-21,42H,3-4,6,8-10,13,15-17H2. The summed E-state index contributed by atoms with van der Waals surface area (Å²) in [5, 5.41) is 23.4. The van der Waals surface area contributed by atoms with E-state index in [4.69, 9.17) is 32.3 Å². The Labute approximate surface area is 497 Å². The first-order valence-corrected chi connectivity index (χ1v) is 30.3. The van der Waals surface area contributed by atoms with Gasteiger partial charge in [0.15, 0.2) is 11.6 Å². The van der Waals surface area contributed by atoms with Crippen molar-refractivity contribution < 1.29 is 46.0 Å². The van der Waals surface area contributed by atoms with Crippen molar-refractivity contribution in [3.8, 4) is 70.7 Å². The number of aromatic nitrogens is 6. The number of piperidine rings is 2. The highest BCUT2D eigenvalue weighted by Crippen LogP contribution is 2.48. The van der Waals surface area contributed by atoms with Crippen LogP contribution in [0.4, 0.5) is 38.0 Å². The molecule has 8 fully saturated rings. The Bertz CT molecular complexity index is 4220. The minimum atomic E-state index is -0.906. The lowest BCUT2D eigenvalue weighted by Crippen LogP contribution is -2.43. The normalized spacial score (nSPS) is 26.4. The first-order valence-electron chi connectivity index (χ1n) is 30.3. The van der Waals surface area contributed by atoms with E-state index in [0.29, 0.717) is 71.1 Å². The molecular weight excluding hydrogens is 1120 g/mol. The van der Waals surface area contributed by atoms with E-state index in [-0.39, 0.29) is 104 Å². The summed E-state index contributed by atoms with van der Waals surface area (Å²) in [6.07, 6.45) is 25.5. The molecular formula is C67H62F6N10O4. The van der Waals surface area contributed by atoms with Crippen LogP contribution in [0.2, 0.25) is 0 Å². The van der Waals surface area contributed by atoms with E-state index in [0.717, 1.165) is 96.7 Å². The molecule has 14 nitrogen and oxygen atoms in total. The van der Waals surface area contributed by atoms with Gasteiger partial charge in [0.05, 0.1) is 33.0 Å². The summed E-state index contributed by atoms with van der Waals surface area (Å²) in [5.74, 6) is 3.43. The summed E-state index contributed by atoms with van der Waals surface area (Å²) in [4.78, 5) is 36.6. The van der Waals surface area contributed by atoms with E-state index in [1.807, 2.05) is 0 Å². The van der Waals surface area contributed by atoms with Crippen LogP contribution in [0.15, 0.2) is 60.9 Å². The van der Waals surface area contributed by atoms with Crippen LogP contribution in [0, 0.1) is 53.9 Å². The van der Waals surface area contributed by atoms with Crippen LogP contribution in [-0.2, 0) is 0 Å². The van der Waals surface area contributed by atoms with Crippen molar-refractivity contribution in [3.05, 3.63) is 95.3 Å². The molecule has 20 heteroatoms. The van der Waals surface area contributed by atoms with Crippen molar-refractivity contribution in [2.24, 2.45) is 5.92 Å². The Hall–Kier alpha value is -8.20. The van der Waals surface area contributed by atoms with E-state index < -0.39 is 46.7 Å². The van der Waals surface area contributed by atoms with Crippen molar-refractivity contribution in [1.82, 2.24) is 39.7 Å². The summed E-state index contributed by atoms with van der Waals surface area (Å²) in [7, 11) is 0. The molecule has 8 unspecified atom stereocenters. The number of halogens is 6. The Kier molecular flexibility index (Phi) is 13.6. The molecule has 7 saturated heterocycles. The second kappa shape index (κ2) is 21.3. The van der Waals surface area contributed by atoms with Crippen LogP contribution < -0.4 is 19.3 Å². The number of anilines is 2. The minimum Gasteiger partial charge on any atom is -0.508 e. The zero-order chi connectivity index (χ0) is 59.6. The number of phenolic OH excluding ortho intramolecular Hbond substituents is 2. The number of ether oxygens (including phenoxy) is 2. The van der Waals surface area contributed by atoms with Crippen LogP contribution >= 0.6 is 0 Å². The zero-order valence-electron chi connectivity index (χ0n) is 47.7. The molecule has 446 valence electrons. The van der Waals surface area contributed by atoms with E-state index in [1.165, 1.54) is 54.7 Å². The number of aromatic hydroxyl groups is 2. The maximum atomic E-state index is 16.8. The van der Waals surface area contributed by atoms with Gasteiger partial charge in [-0.1, -0.05) is 24.0 Å². The van der Waals surface area contributed by atoms with E-state index in [9.17, 15) is 27.8 Å². The van der Waals surface area contributed by atoms with Crippen molar-refractivity contribution in [3.63, 3.8) is 0 Å². The maximum absolute atomic E-state index is 16.8. The number of phenols is 2. The first-order chi connectivity index (χ1) is 42.2. The monoisotopic (exact) mass is 1180 g/mol. The molecule has 8 aromatic rings. The quantitative estimate of drug-likeness (QED) is 0.0988. The van der Waals surface area contributed by atoms with Crippen molar-refractivity contribution in [1.29, 1.82) is 0 Å². The second-order valence-electron chi connectivity index (χ2n) is 25.3. The molecule has 0 spiro atoms. The number of pyridine rings is 2. The van der Waals surface area contributed by atoms with Crippen molar-refractivity contribution >= 4 is 55.0 Å². The predicted molar refractivity (Wildman–Crippen MR) is 318 cm³/mol. The van der Waals surface area contributed by atoms with E-state index >= 15 is 8.78 Å². The number of hydrogen-bond donors (Lipinski definition) is 2. The largest absolute Gasteiger partial charge is 0.508 e. The van der Waals surface area contributed by atoms with Gasteiger partial charge in [-0.05, 0) is 143 Å². The zero-order valence-corrected chi connectivity index (χ0v) is 47.7. The predicted octanol–water partition coefficient (Wildman–Crippen LogP) is 12.0. The average Bonchev–Trinajstić information content (AvgIpc) is 3.66. The number of terminal acetylenes is 2. The van der Waals surface area contributed by atoms with Gasteiger partial charge in [-0.15, -0.1) is 12.8 Å². The molecule has 4 aromatic heterocycles. The van der Waals surface area contributed by atoms with Gasteiger partial charge in [0.1, 0.15) is 82.7 Å². The third-order valence-electron chi connectivity index (χ3n) is 20.3. The molecule has 8 aliphatic rings. The van der Waals surface area contributed by atoms with Crippen LogP contribution in [0.25, 0.3) is 65.9 Å².